The Morgan fingerprint density at radius 3 is 2.81 bits per heavy atom. The third-order valence-corrected chi connectivity index (χ3v) is 6.71. The van der Waals surface area contributed by atoms with Crippen molar-refractivity contribution in [3.63, 3.8) is 0 Å². The van der Waals surface area contributed by atoms with Gasteiger partial charge in [-0.1, -0.05) is 23.7 Å². The lowest BCUT2D eigenvalue weighted by atomic mass is 10.1. The molecule has 0 fully saturated rings. The predicted octanol–water partition coefficient (Wildman–Crippen LogP) is 3.62. The number of sulfone groups is 1. The molecule has 0 unspecified atom stereocenters. The molecule has 1 atom stereocenters. The fourth-order valence-electron chi connectivity index (χ4n) is 3.28. The summed E-state index contributed by atoms with van der Waals surface area (Å²) in [7, 11) is -3.77. The fraction of sp³-hybridized carbons (Fsp3) is 0.263. The molecule has 1 aliphatic rings. The topological polar surface area (TPSA) is 79.5 Å². The van der Waals surface area contributed by atoms with E-state index in [1.54, 1.807) is 25.1 Å². The van der Waals surface area contributed by atoms with Crippen molar-refractivity contribution in [3.05, 3.63) is 58.3 Å². The van der Waals surface area contributed by atoms with Crippen molar-refractivity contribution in [1.29, 1.82) is 0 Å². The minimum Gasteiger partial charge on any atom is -0.459 e. The SMILES string of the molecule is C[C@@H](O)c1cccc(S(=O)(=O)c2cc(Cl)c3oc4c(c3c2)CNCC4)c1. The molecule has 1 aliphatic heterocycles. The van der Waals surface area contributed by atoms with Crippen LogP contribution in [0.15, 0.2) is 50.6 Å². The van der Waals surface area contributed by atoms with Gasteiger partial charge in [-0.2, -0.15) is 0 Å². The molecule has 0 radical (unpaired) electrons. The van der Waals surface area contributed by atoms with Gasteiger partial charge in [0, 0.05) is 30.5 Å². The van der Waals surface area contributed by atoms with Crippen LogP contribution in [0.4, 0.5) is 0 Å². The molecule has 1 aromatic heterocycles. The molecular weight excluding hydrogens is 374 g/mol. The van der Waals surface area contributed by atoms with Gasteiger partial charge in [-0.25, -0.2) is 8.42 Å². The highest BCUT2D eigenvalue weighted by molar-refractivity contribution is 7.91. The van der Waals surface area contributed by atoms with Crippen molar-refractivity contribution in [2.24, 2.45) is 0 Å². The fourth-order valence-corrected chi connectivity index (χ4v) is 4.97. The molecule has 2 heterocycles. The highest BCUT2D eigenvalue weighted by Gasteiger charge is 2.25. The molecule has 0 aliphatic carbocycles. The van der Waals surface area contributed by atoms with Gasteiger partial charge in [0.2, 0.25) is 9.84 Å². The van der Waals surface area contributed by atoms with E-state index in [0.717, 1.165) is 29.7 Å². The molecule has 3 aromatic rings. The summed E-state index contributed by atoms with van der Waals surface area (Å²) < 4.78 is 32.1. The van der Waals surface area contributed by atoms with Gasteiger partial charge in [-0.05, 0) is 36.8 Å². The molecule has 0 spiro atoms. The number of benzene rings is 2. The number of nitrogens with one attached hydrogen (secondary N) is 1. The molecule has 136 valence electrons. The molecule has 7 heteroatoms. The number of hydrogen-bond donors (Lipinski definition) is 2. The third-order valence-electron chi connectivity index (χ3n) is 4.70. The van der Waals surface area contributed by atoms with Crippen LogP contribution in [0.2, 0.25) is 5.02 Å². The lowest BCUT2D eigenvalue weighted by Gasteiger charge is -2.11. The van der Waals surface area contributed by atoms with Gasteiger partial charge >= 0.3 is 0 Å². The van der Waals surface area contributed by atoms with Gasteiger partial charge in [-0.15, -0.1) is 0 Å². The Bertz CT molecular complexity index is 1100. The zero-order valence-electron chi connectivity index (χ0n) is 14.1. The summed E-state index contributed by atoms with van der Waals surface area (Å²) >= 11 is 6.34. The smallest absolute Gasteiger partial charge is 0.206 e. The molecule has 2 aromatic carbocycles. The number of furan rings is 1. The quantitative estimate of drug-likeness (QED) is 0.712. The standard InChI is InChI=1S/C19H18ClNO4S/c1-11(22)12-3-2-4-13(7-12)26(23,24)14-8-15-16-10-21-6-5-18(16)25-19(15)17(20)9-14/h2-4,7-9,11,21-22H,5-6,10H2,1H3/t11-/m1/s1. The van der Waals surface area contributed by atoms with Gasteiger partial charge < -0.3 is 14.8 Å². The Morgan fingerprint density at radius 1 is 1.23 bits per heavy atom. The second-order valence-corrected chi connectivity index (χ2v) is 8.82. The molecule has 0 saturated heterocycles. The largest absolute Gasteiger partial charge is 0.459 e. The first kappa shape index (κ1) is 17.5. The first-order chi connectivity index (χ1) is 12.4. The molecule has 26 heavy (non-hydrogen) atoms. The average molecular weight is 392 g/mol. The summed E-state index contributed by atoms with van der Waals surface area (Å²) in [6.45, 7) is 3.04. The van der Waals surface area contributed by atoms with Gasteiger partial charge in [-0.3, -0.25) is 0 Å². The molecule has 0 amide bonds. The van der Waals surface area contributed by atoms with Crippen LogP contribution in [0.5, 0.6) is 0 Å². The predicted molar refractivity (Wildman–Crippen MR) is 99.2 cm³/mol. The van der Waals surface area contributed by atoms with Crippen molar-refractivity contribution in [3.8, 4) is 0 Å². The van der Waals surface area contributed by atoms with Gasteiger partial charge in [0.05, 0.1) is 20.9 Å². The summed E-state index contributed by atoms with van der Waals surface area (Å²) in [4.78, 5) is 0.244. The highest BCUT2D eigenvalue weighted by Crippen LogP contribution is 2.36. The van der Waals surface area contributed by atoms with Crippen molar-refractivity contribution >= 4 is 32.4 Å². The number of aliphatic hydroxyl groups is 1. The highest BCUT2D eigenvalue weighted by atomic mass is 35.5. The van der Waals surface area contributed by atoms with Crippen LogP contribution in [-0.4, -0.2) is 20.1 Å². The van der Waals surface area contributed by atoms with Crippen molar-refractivity contribution in [2.45, 2.75) is 35.8 Å². The Balaban J connectivity index is 1.89. The van der Waals surface area contributed by atoms with Gasteiger partial charge in [0.25, 0.3) is 0 Å². The Kier molecular flexibility index (Phi) is 4.31. The molecule has 0 bridgehead atoms. The van der Waals surface area contributed by atoms with Gasteiger partial charge in [0.15, 0.2) is 5.58 Å². The van der Waals surface area contributed by atoms with Crippen molar-refractivity contribution in [2.75, 3.05) is 6.54 Å². The number of halogens is 1. The monoisotopic (exact) mass is 391 g/mol. The minimum atomic E-state index is -3.77. The van der Waals surface area contributed by atoms with Crippen LogP contribution in [0.1, 0.15) is 29.9 Å². The number of hydrogen-bond acceptors (Lipinski definition) is 5. The van der Waals surface area contributed by atoms with E-state index in [0.29, 0.717) is 17.7 Å². The number of rotatable bonds is 3. The summed E-state index contributed by atoms with van der Waals surface area (Å²) in [5.74, 6) is 0.853. The summed E-state index contributed by atoms with van der Waals surface area (Å²) in [5, 5.41) is 14.0. The van der Waals surface area contributed by atoms with E-state index in [1.807, 2.05) is 0 Å². The van der Waals surface area contributed by atoms with E-state index in [2.05, 4.69) is 5.32 Å². The zero-order chi connectivity index (χ0) is 18.5. The average Bonchev–Trinajstić information content (AvgIpc) is 3.01. The van der Waals surface area contributed by atoms with Crippen molar-refractivity contribution in [1.82, 2.24) is 5.32 Å². The number of aliphatic hydroxyl groups excluding tert-OH is 1. The van der Waals surface area contributed by atoms with E-state index in [4.69, 9.17) is 16.0 Å². The van der Waals surface area contributed by atoms with Crippen LogP contribution >= 0.6 is 11.6 Å². The number of fused-ring (bicyclic) bond motifs is 3. The van der Waals surface area contributed by atoms with Crippen LogP contribution in [0.25, 0.3) is 11.0 Å². The molecule has 2 N–H and O–H groups in total. The second-order valence-electron chi connectivity index (χ2n) is 6.46. The summed E-state index contributed by atoms with van der Waals surface area (Å²) in [5.41, 5.74) is 2.03. The maximum Gasteiger partial charge on any atom is 0.206 e. The minimum absolute atomic E-state index is 0.118. The first-order valence-electron chi connectivity index (χ1n) is 8.35. The van der Waals surface area contributed by atoms with E-state index in [9.17, 15) is 13.5 Å². The maximum atomic E-state index is 13.1. The van der Waals surface area contributed by atoms with E-state index in [-0.39, 0.29) is 14.8 Å². The summed E-state index contributed by atoms with van der Waals surface area (Å²) in [6.07, 6.45) is 0.00182. The van der Waals surface area contributed by atoms with Gasteiger partial charge in [0.1, 0.15) is 5.76 Å². The van der Waals surface area contributed by atoms with Crippen LogP contribution in [-0.2, 0) is 22.8 Å². The Labute approximate surface area is 156 Å². The first-order valence-corrected chi connectivity index (χ1v) is 10.2. The third kappa shape index (κ3) is 2.83. The summed E-state index contributed by atoms with van der Waals surface area (Å²) in [6, 6.07) is 9.38. The molecular formula is C19H18ClNO4S. The molecule has 4 rings (SSSR count). The Morgan fingerprint density at radius 2 is 2.04 bits per heavy atom. The van der Waals surface area contributed by atoms with Crippen LogP contribution in [0.3, 0.4) is 0 Å². The maximum absolute atomic E-state index is 13.1. The van der Waals surface area contributed by atoms with E-state index >= 15 is 0 Å². The van der Waals surface area contributed by atoms with Crippen LogP contribution in [0, 0.1) is 0 Å². The molecule has 0 saturated carbocycles. The van der Waals surface area contributed by atoms with Crippen molar-refractivity contribution < 1.29 is 17.9 Å². The zero-order valence-corrected chi connectivity index (χ0v) is 15.7. The molecule has 5 nitrogen and oxygen atoms in total. The lowest BCUT2D eigenvalue weighted by molar-refractivity contribution is 0.199. The van der Waals surface area contributed by atoms with E-state index in [1.165, 1.54) is 18.2 Å². The second kappa shape index (κ2) is 6.39. The lowest BCUT2D eigenvalue weighted by Crippen LogP contribution is -2.22. The van der Waals surface area contributed by atoms with Crippen LogP contribution < -0.4 is 5.32 Å². The Hall–Kier alpha value is -1.86. The van der Waals surface area contributed by atoms with E-state index < -0.39 is 15.9 Å². The normalized spacial score (nSPS) is 15.8.